The molecule has 2 atom stereocenters. The van der Waals surface area contributed by atoms with Crippen LogP contribution in [0.4, 0.5) is 4.39 Å². The third-order valence-corrected chi connectivity index (χ3v) is 10.2. The maximum atomic E-state index is 13.9. The largest absolute Gasteiger partial charge is 0.497 e. The maximum absolute atomic E-state index is 13.9. The van der Waals surface area contributed by atoms with Gasteiger partial charge in [-0.05, 0) is 67.1 Å². The summed E-state index contributed by atoms with van der Waals surface area (Å²) in [5.41, 5.74) is 2.21. The van der Waals surface area contributed by atoms with Crippen molar-refractivity contribution in [3.63, 3.8) is 0 Å². The second kappa shape index (κ2) is 15.6. The number of rotatable bonds is 14. The van der Waals surface area contributed by atoms with E-state index < -0.39 is 40.6 Å². The molecule has 14 heteroatoms. The lowest BCUT2D eigenvalue weighted by molar-refractivity contribution is -0.146. The summed E-state index contributed by atoms with van der Waals surface area (Å²) in [6.07, 6.45) is 0.727. The number of ether oxygens (including phenoxy) is 3. The number of aromatic nitrogens is 2. The van der Waals surface area contributed by atoms with Crippen molar-refractivity contribution >= 4 is 15.9 Å². The van der Waals surface area contributed by atoms with Crippen molar-refractivity contribution in [1.29, 1.82) is 0 Å². The lowest BCUT2D eigenvalue weighted by atomic mass is 9.93. The molecular formula is C35H39FN4O8S. The molecule has 1 aliphatic rings. The zero-order valence-corrected chi connectivity index (χ0v) is 28.2. The summed E-state index contributed by atoms with van der Waals surface area (Å²) in [7, 11) is -0.740. The van der Waals surface area contributed by atoms with Crippen molar-refractivity contribution in [3.8, 4) is 11.4 Å². The average molecular weight is 695 g/mol. The number of hydrogen-bond donors (Lipinski definition) is 2. The van der Waals surface area contributed by atoms with Crippen LogP contribution < -0.4 is 15.6 Å². The van der Waals surface area contributed by atoms with E-state index >= 15 is 0 Å². The summed E-state index contributed by atoms with van der Waals surface area (Å²) in [4.78, 5) is 27.3. The van der Waals surface area contributed by atoms with Gasteiger partial charge in [0.05, 0.1) is 30.9 Å². The first-order chi connectivity index (χ1) is 23.5. The summed E-state index contributed by atoms with van der Waals surface area (Å²) in [5, 5.41) is 12.4. The van der Waals surface area contributed by atoms with Crippen LogP contribution >= 0.6 is 0 Å². The zero-order valence-electron chi connectivity index (χ0n) is 27.4. The third kappa shape index (κ3) is 8.11. The second-order valence-electron chi connectivity index (χ2n) is 11.4. The minimum absolute atomic E-state index is 0.0213. The number of allylic oxidation sites excluding steroid dienone is 1. The number of nitrogens with one attached hydrogen (secondary N) is 1. The molecule has 1 amide bonds. The first-order valence-electron chi connectivity index (χ1n) is 15.6. The van der Waals surface area contributed by atoms with Gasteiger partial charge in [-0.2, -0.15) is 4.31 Å². The minimum atomic E-state index is -3.99. The van der Waals surface area contributed by atoms with E-state index in [9.17, 15) is 27.5 Å². The highest BCUT2D eigenvalue weighted by Crippen LogP contribution is 2.32. The molecule has 0 saturated heterocycles. The molecule has 2 heterocycles. The molecule has 4 aromatic rings. The van der Waals surface area contributed by atoms with Crippen LogP contribution in [-0.2, 0) is 37.9 Å². The van der Waals surface area contributed by atoms with Crippen LogP contribution in [0, 0.1) is 12.7 Å². The lowest BCUT2D eigenvalue weighted by Crippen LogP contribution is -2.38. The molecule has 0 unspecified atom stereocenters. The molecule has 0 aliphatic carbocycles. The minimum Gasteiger partial charge on any atom is -0.497 e. The molecule has 0 radical (unpaired) electrons. The van der Waals surface area contributed by atoms with Gasteiger partial charge >= 0.3 is 0 Å². The maximum Gasteiger partial charge on any atom is 0.286 e. The van der Waals surface area contributed by atoms with E-state index in [1.165, 1.54) is 43.5 Å². The van der Waals surface area contributed by atoms with E-state index in [1.54, 1.807) is 34.6 Å². The Kier molecular flexibility index (Phi) is 11.3. The highest BCUT2D eigenvalue weighted by molar-refractivity contribution is 7.89. The second-order valence-corrected chi connectivity index (χ2v) is 13.3. The number of para-hydroxylation sites is 1. The van der Waals surface area contributed by atoms with E-state index in [4.69, 9.17) is 14.2 Å². The summed E-state index contributed by atoms with van der Waals surface area (Å²) in [6, 6.07) is 20.8. The number of carbonyl (C=O) groups excluding carboxylic acids is 1. The molecule has 3 aromatic carbocycles. The molecular weight excluding hydrogens is 655 g/mol. The number of amides is 1. The normalized spacial score (nSPS) is 16.2. The van der Waals surface area contributed by atoms with Crippen molar-refractivity contribution in [2.45, 2.75) is 37.0 Å². The van der Waals surface area contributed by atoms with Crippen LogP contribution in [-0.4, -0.2) is 72.8 Å². The van der Waals surface area contributed by atoms with Crippen molar-refractivity contribution in [1.82, 2.24) is 19.0 Å². The average Bonchev–Trinajstić information content (AvgIpc) is 3.34. The fraction of sp³-hybridized carbons (Fsp3) is 0.314. The number of halogens is 1. The van der Waals surface area contributed by atoms with Crippen LogP contribution in [0.5, 0.6) is 5.75 Å². The van der Waals surface area contributed by atoms with Crippen LogP contribution in [0.15, 0.2) is 100 Å². The number of hydrogen-bond acceptors (Lipinski definition) is 8. The van der Waals surface area contributed by atoms with Crippen molar-refractivity contribution in [3.05, 3.63) is 124 Å². The van der Waals surface area contributed by atoms with E-state index in [0.29, 0.717) is 28.3 Å². The molecule has 260 valence electrons. The van der Waals surface area contributed by atoms with Gasteiger partial charge in [-0.25, -0.2) is 17.5 Å². The predicted molar refractivity (Wildman–Crippen MR) is 179 cm³/mol. The highest BCUT2D eigenvalue weighted by atomic mass is 32.2. The van der Waals surface area contributed by atoms with E-state index in [0.717, 1.165) is 4.31 Å². The molecule has 0 spiro atoms. The first-order valence-corrected chi connectivity index (χ1v) is 17.1. The monoisotopic (exact) mass is 694 g/mol. The Balaban J connectivity index is 1.38. The molecule has 2 N–H and O–H groups in total. The number of benzene rings is 3. The Labute approximate surface area is 284 Å². The van der Waals surface area contributed by atoms with Gasteiger partial charge in [-0.3, -0.25) is 14.3 Å². The number of carbonyl (C=O) groups is 1. The van der Waals surface area contributed by atoms with E-state index in [1.807, 2.05) is 37.3 Å². The van der Waals surface area contributed by atoms with Crippen molar-refractivity contribution < 1.29 is 36.9 Å². The smallest absolute Gasteiger partial charge is 0.286 e. The summed E-state index contributed by atoms with van der Waals surface area (Å²) < 4.78 is 61.7. The van der Waals surface area contributed by atoms with Gasteiger partial charge in [0.15, 0.2) is 5.76 Å². The molecule has 0 saturated carbocycles. The summed E-state index contributed by atoms with van der Waals surface area (Å²) in [5.74, 6) is -1.14. The van der Waals surface area contributed by atoms with Gasteiger partial charge in [0.1, 0.15) is 11.6 Å². The number of sulfonamides is 1. The number of aliphatic hydroxyl groups excluding tert-OH is 1. The fourth-order valence-corrected chi connectivity index (χ4v) is 7.07. The Morgan fingerprint density at radius 1 is 1.06 bits per heavy atom. The predicted octanol–water partition coefficient (Wildman–Crippen LogP) is 3.36. The Morgan fingerprint density at radius 3 is 2.41 bits per heavy atom. The van der Waals surface area contributed by atoms with Gasteiger partial charge in [0.25, 0.3) is 11.5 Å². The third-order valence-electron chi connectivity index (χ3n) is 8.31. The lowest BCUT2D eigenvalue weighted by Gasteiger charge is -2.29. The van der Waals surface area contributed by atoms with Crippen LogP contribution in [0.3, 0.4) is 0 Å². The van der Waals surface area contributed by atoms with Crippen molar-refractivity contribution in [2.75, 3.05) is 33.4 Å². The first kappa shape index (κ1) is 35.5. The van der Waals surface area contributed by atoms with Gasteiger partial charge in [-0.1, -0.05) is 30.3 Å². The molecule has 1 aromatic heterocycles. The van der Waals surface area contributed by atoms with Gasteiger partial charge in [0, 0.05) is 50.3 Å². The fourth-order valence-electron chi connectivity index (χ4n) is 5.65. The SMILES string of the molecule is COc1ccc(S(=O)(=O)N(CCO)CCO[C@H]2C[C@@H](c3c(C)n(C)n(-c4ccccc4)c3=O)C=C(C(=O)NCc3ccc(F)cc3)O2)cc1. The molecule has 5 rings (SSSR count). The van der Waals surface area contributed by atoms with Crippen LogP contribution in [0.2, 0.25) is 0 Å². The standard InChI is InChI=1S/C35H39FN4O8S/c1-24-33(35(43)40(38(24)2)28-7-5-4-6-8-28)26-21-31(34(42)37-23-25-9-11-27(36)12-10-25)48-32(22-26)47-20-18-39(17-19-41)49(44,45)30-15-13-29(46-3)14-16-30/h4-16,21,26,32,41H,17-20,22-23H2,1-3H3,(H,37,42)/t26-,32+/m0/s1. The van der Waals surface area contributed by atoms with Crippen LogP contribution in [0.1, 0.15) is 29.2 Å². The quantitative estimate of drug-likeness (QED) is 0.205. The van der Waals surface area contributed by atoms with Crippen LogP contribution in [0.25, 0.3) is 5.69 Å². The molecule has 49 heavy (non-hydrogen) atoms. The Morgan fingerprint density at radius 2 is 1.76 bits per heavy atom. The summed E-state index contributed by atoms with van der Waals surface area (Å²) >= 11 is 0. The Hall–Kier alpha value is -4.76. The number of methoxy groups -OCH3 is 1. The van der Waals surface area contributed by atoms with Crippen molar-refractivity contribution in [2.24, 2.45) is 7.05 Å². The van der Waals surface area contributed by atoms with E-state index in [-0.39, 0.29) is 48.9 Å². The molecule has 0 fully saturated rings. The number of nitrogens with zero attached hydrogens (tertiary/aromatic N) is 3. The highest BCUT2D eigenvalue weighted by Gasteiger charge is 2.33. The Bertz CT molecular complexity index is 1940. The number of aliphatic hydroxyl groups is 1. The van der Waals surface area contributed by atoms with E-state index in [2.05, 4.69) is 5.32 Å². The molecule has 0 bridgehead atoms. The van der Waals surface area contributed by atoms with Gasteiger partial charge in [-0.15, -0.1) is 0 Å². The molecule has 1 aliphatic heterocycles. The van der Waals surface area contributed by atoms with Gasteiger partial charge in [0.2, 0.25) is 16.3 Å². The topological polar surface area (TPSA) is 141 Å². The zero-order chi connectivity index (χ0) is 35.1. The summed E-state index contributed by atoms with van der Waals surface area (Å²) in [6.45, 7) is 1.06. The van der Waals surface area contributed by atoms with Gasteiger partial charge < -0.3 is 24.6 Å². The molecule has 12 nitrogen and oxygen atoms in total.